The predicted octanol–water partition coefficient (Wildman–Crippen LogP) is 5.93. The first-order valence-corrected chi connectivity index (χ1v) is 7.91. The summed E-state index contributed by atoms with van der Waals surface area (Å²) in [5, 5.41) is 0. The molecule has 0 fully saturated rings. The second kappa shape index (κ2) is 7.50. The number of ether oxygens (including phenoxy) is 2. The van der Waals surface area contributed by atoms with Gasteiger partial charge in [-0.3, -0.25) is 0 Å². The Morgan fingerprint density at radius 3 is 1.74 bits per heavy atom. The summed E-state index contributed by atoms with van der Waals surface area (Å²) < 4.78 is 11.4. The van der Waals surface area contributed by atoms with Gasteiger partial charge in [-0.2, -0.15) is 0 Å². The molecule has 23 heavy (non-hydrogen) atoms. The van der Waals surface area contributed by atoms with Gasteiger partial charge in [0.05, 0.1) is 6.61 Å². The molecule has 3 aromatic carbocycles. The van der Waals surface area contributed by atoms with Crippen LogP contribution in [0.1, 0.15) is 13.3 Å². The minimum atomic E-state index is 0.737. The first kappa shape index (κ1) is 15.2. The molecule has 0 saturated heterocycles. The van der Waals surface area contributed by atoms with E-state index in [1.807, 2.05) is 54.6 Å². The van der Waals surface area contributed by atoms with E-state index in [-0.39, 0.29) is 0 Å². The number of benzene rings is 3. The number of rotatable bonds is 6. The van der Waals surface area contributed by atoms with Crippen LogP contribution >= 0.6 is 0 Å². The van der Waals surface area contributed by atoms with Crippen LogP contribution in [0.5, 0.6) is 17.2 Å². The highest BCUT2D eigenvalue weighted by molar-refractivity contribution is 5.64. The van der Waals surface area contributed by atoms with Crippen LogP contribution in [-0.2, 0) is 0 Å². The molecule has 0 unspecified atom stereocenters. The van der Waals surface area contributed by atoms with Gasteiger partial charge in [0.25, 0.3) is 0 Å². The van der Waals surface area contributed by atoms with Crippen LogP contribution < -0.4 is 9.47 Å². The van der Waals surface area contributed by atoms with Crippen LogP contribution in [0.15, 0.2) is 78.9 Å². The largest absolute Gasteiger partial charge is 0.494 e. The molecule has 3 rings (SSSR count). The Labute approximate surface area is 137 Å². The van der Waals surface area contributed by atoms with E-state index in [2.05, 4.69) is 31.2 Å². The van der Waals surface area contributed by atoms with E-state index in [0.717, 1.165) is 30.3 Å². The first-order chi connectivity index (χ1) is 11.3. The van der Waals surface area contributed by atoms with Crippen molar-refractivity contribution < 1.29 is 9.47 Å². The van der Waals surface area contributed by atoms with Gasteiger partial charge in [-0.25, -0.2) is 0 Å². The summed E-state index contributed by atoms with van der Waals surface area (Å²) in [7, 11) is 0. The molecule has 0 aromatic heterocycles. The quantitative estimate of drug-likeness (QED) is 0.561. The van der Waals surface area contributed by atoms with Gasteiger partial charge in [-0.05, 0) is 53.9 Å². The van der Waals surface area contributed by atoms with Crippen molar-refractivity contribution in [1.29, 1.82) is 0 Å². The van der Waals surface area contributed by atoms with Crippen LogP contribution in [0.3, 0.4) is 0 Å². The molecule has 0 aliphatic carbocycles. The molecule has 0 bridgehead atoms. The zero-order valence-electron chi connectivity index (χ0n) is 13.2. The molecular weight excluding hydrogens is 284 g/mol. The van der Waals surface area contributed by atoms with E-state index in [1.54, 1.807) is 0 Å². The maximum Gasteiger partial charge on any atom is 0.127 e. The van der Waals surface area contributed by atoms with Crippen LogP contribution in [-0.4, -0.2) is 6.61 Å². The van der Waals surface area contributed by atoms with Gasteiger partial charge in [0, 0.05) is 0 Å². The third-order valence-electron chi connectivity index (χ3n) is 3.49. The molecule has 2 heteroatoms. The Morgan fingerprint density at radius 2 is 1.13 bits per heavy atom. The second-order valence-corrected chi connectivity index (χ2v) is 5.31. The van der Waals surface area contributed by atoms with Crippen molar-refractivity contribution in [2.75, 3.05) is 6.61 Å². The van der Waals surface area contributed by atoms with Crippen LogP contribution in [0.4, 0.5) is 0 Å². The van der Waals surface area contributed by atoms with Crippen LogP contribution in [0, 0.1) is 0 Å². The van der Waals surface area contributed by atoms with E-state index >= 15 is 0 Å². The Morgan fingerprint density at radius 1 is 0.609 bits per heavy atom. The SMILES string of the molecule is CCCOc1ccc(Oc2ccc(-c3ccccc3)cc2)cc1. The minimum Gasteiger partial charge on any atom is -0.494 e. The average molecular weight is 304 g/mol. The molecular formula is C21H20O2. The van der Waals surface area contributed by atoms with E-state index in [1.165, 1.54) is 11.1 Å². The summed E-state index contributed by atoms with van der Waals surface area (Å²) in [5.74, 6) is 2.51. The van der Waals surface area contributed by atoms with Crippen molar-refractivity contribution in [3.8, 4) is 28.4 Å². The van der Waals surface area contributed by atoms with Crippen molar-refractivity contribution in [3.05, 3.63) is 78.9 Å². The van der Waals surface area contributed by atoms with E-state index < -0.39 is 0 Å². The molecule has 2 nitrogen and oxygen atoms in total. The van der Waals surface area contributed by atoms with Gasteiger partial charge in [0.2, 0.25) is 0 Å². The molecule has 0 atom stereocenters. The number of hydrogen-bond donors (Lipinski definition) is 0. The summed E-state index contributed by atoms with van der Waals surface area (Å²) >= 11 is 0. The normalized spacial score (nSPS) is 10.3. The summed E-state index contributed by atoms with van der Waals surface area (Å²) in [5.41, 5.74) is 2.39. The molecule has 0 heterocycles. The average Bonchev–Trinajstić information content (AvgIpc) is 2.62. The van der Waals surface area contributed by atoms with Gasteiger partial charge in [-0.1, -0.05) is 49.4 Å². The van der Waals surface area contributed by atoms with Gasteiger partial charge < -0.3 is 9.47 Å². The molecule has 0 amide bonds. The Kier molecular flexibility index (Phi) is 4.95. The standard InChI is InChI=1S/C21H20O2/c1-2-16-22-19-12-14-21(15-13-19)23-20-10-8-18(9-11-20)17-6-4-3-5-7-17/h3-15H,2,16H2,1H3. The highest BCUT2D eigenvalue weighted by Gasteiger charge is 2.01. The van der Waals surface area contributed by atoms with Crippen molar-refractivity contribution in [2.24, 2.45) is 0 Å². The lowest BCUT2D eigenvalue weighted by molar-refractivity contribution is 0.317. The Bertz CT molecular complexity index is 716. The third kappa shape index (κ3) is 4.13. The second-order valence-electron chi connectivity index (χ2n) is 5.31. The smallest absolute Gasteiger partial charge is 0.127 e. The van der Waals surface area contributed by atoms with Crippen molar-refractivity contribution in [3.63, 3.8) is 0 Å². The van der Waals surface area contributed by atoms with Gasteiger partial charge in [0.15, 0.2) is 0 Å². The van der Waals surface area contributed by atoms with Crippen molar-refractivity contribution in [2.45, 2.75) is 13.3 Å². The zero-order chi connectivity index (χ0) is 15.9. The molecule has 116 valence electrons. The fraction of sp³-hybridized carbons (Fsp3) is 0.143. The summed E-state index contributed by atoms with van der Waals surface area (Å²) in [6, 6.07) is 26.2. The number of hydrogen-bond acceptors (Lipinski definition) is 2. The fourth-order valence-corrected chi connectivity index (χ4v) is 2.31. The zero-order valence-corrected chi connectivity index (χ0v) is 13.2. The van der Waals surface area contributed by atoms with Crippen LogP contribution in [0.2, 0.25) is 0 Å². The first-order valence-electron chi connectivity index (χ1n) is 7.91. The molecule has 0 aliphatic rings. The van der Waals surface area contributed by atoms with Gasteiger partial charge >= 0.3 is 0 Å². The predicted molar refractivity (Wildman–Crippen MR) is 94.2 cm³/mol. The lowest BCUT2D eigenvalue weighted by atomic mass is 10.1. The maximum absolute atomic E-state index is 5.87. The molecule has 3 aromatic rings. The highest BCUT2D eigenvalue weighted by atomic mass is 16.5. The molecule has 0 radical (unpaired) electrons. The topological polar surface area (TPSA) is 18.5 Å². The molecule has 0 aliphatic heterocycles. The lowest BCUT2D eigenvalue weighted by Gasteiger charge is -2.09. The molecule has 0 N–H and O–H groups in total. The van der Waals surface area contributed by atoms with E-state index in [9.17, 15) is 0 Å². The van der Waals surface area contributed by atoms with Crippen molar-refractivity contribution in [1.82, 2.24) is 0 Å². The fourth-order valence-electron chi connectivity index (χ4n) is 2.31. The van der Waals surface area contributed by atoms with E-state index in [4.69, 9.17) is 9.47 Å². The maximum atomic E-state index is 5.87. The van der Waals surface area contributed by atoms with Crippen molar-refractivity contribution >= 4 is 0 Å². The van der Waals surface area contributed by atoms with Gasteiger partial charge in [-0.15, -0.1) is 0 Å². The Hall–Kier alpha value is -2.74. The Balaban J connectivity index is 1.66. The lowest BCUT2D eigenvalue weighted by Crippen LogP contribution is -1.94. The summed E-state index contributed by atoms with van der Waals surface area (Å²) in [4.78, 5) is 0. The third-order valence-corrected chi connectivity index (χ3v) is 3.49. The summed E-state index contributed by atoms with van der Waals surface area (Å²) in [6.45, 7) is 2.83. The van der Waals surface area contributed by atoms with E-state index in [0.29, 0.717) is 0 Å². The minimum absolute atomic E-state index is 0.737. The molecule has 0 spiro atoms. The highest BCUT2D eigenvalue weighted by Crippen LogP contribution is 2.27. The van der Waals surface area contributed by atoms with Gasteiger partial charge in [0.1, 0.15) is 17.2 Å². The monoisotopic (exact) mass is 304 g/mol. The van der Waals surface area contributed by atoms with Crippen LogP contribution in [0.25, 0.3) is 11.1 Å². The molecule has 0 saturated carbocycles. The summed E-state index contributed by atoms with van der Waals surface area (Å²) in [6.07, 6.45) is 1.01.